The molecule has 3 rings (SSSR count). The van der Waals surface area contributed by atoms with Crippen LogP contribution in [0.4, 0.5) is 16.3 Å². The van der Waals surface area contributed by atoms with Crippen molar-refractivity contribution in [3.8, 4) is 5.69 Å². The monoisotopic (exact) mass is 297 g/mol. The van der Waals surface area contributed by atoms with E-state index in [-0.39, 0.29) is 16.7 Å². The first-order chi connectivity index (χ1) is 9.66. The number of nitrogens with zero attached hydrogens (tertiary/aromatic N) is 4. The molecule has 1 fully saturated rings. The third kappa shape index (κ3) is 2.30. The van der Waals surface area contributed by atoms with Gasteiger partial charge in [-0.3, -0.25) is 0 Å². The van der Waals surface area contributed by atoms with E-state index in [4.69, 9.17) is 22.1 Å². The van der Waals surface area contributed by atoms with Crippen LogP contribution in [0.15, 0.2) is 18.2 Å². The maximum atomic E-state index is 13.9. The zero-order valence-corrected chi connectivity index (χ0v) is 11.3. The lowest BCUT2D eigenvalue weighted by Crippen LogP contribution is -2.37. The molecule has 0 radical (unpaired) electrons. The lowest BCUT2D eigenvalue weighted by atomic mass is 10.3. The molecule has 2 N–H and O–H groups in total. The van der Waals surface area contributed by atoms with Gasteiger partial charge in [0.05, 0.1) is 18.2 Å². The SMILES string of the molecule is Nc1nc(N2CCOCC2)nn1-c1c(F)cccc1Cl. The first kappa shape index (κ1) is 13.1. The molecule has 1 aliphatic rings. The first-order valence-electron chi connectivity index (χ1n) is 6.16. The molecule has 8 heteroatoms. The van der Waals surface area contributed by atoms with Gasteiger partial charge in [-0.05, 0) is 12.1 Å². The summed E-state index contributed by atoms with van der Waals surface area (Å²) in [5, 5.41) is 4.48. The van der Waals surface area contributed by atoms with Gasteiger partial charge in [0.2, 0.25) is 11.9 Å². The molecule has 106 valence electrons. The Hall–Kier alpha value is -1.86. The van der Waals surface area contributed by atoms with E-state index in [0.29, 0.717) is 32.3 Å². The molecule has 0 unspecified atom stereocenters. The number of rotatable bonds is 2. The molecule has 1 aliphatic heterocycles. The van der Waals surface area contributed by atoms with E-state index in [1.165, 1.54) is 16.8 Å². The molecule has 6 nitrogen and oxygen atoms in total. The van der Waals surface area contributed by atoms with Crippen LogP contribution in [0, 0.1) is 5.82 Å². The van der Waals surface area contributed by atoms with Crippen molar-refractivity contribution in [3.05, 3.63) is 29.0 Å². The molecular weight excluding hydrogens is 285 g/mol. The summed E-state index contributed by atoms with van der Waals surface area (Å²) in [6.07, 6.45) is 0. The molecule has 20 heavy (non-hydrogen) atoms. The number of morpholine rings is 1. The van der Waals surface area contributed by atoms with Crippen LogP contribution in [0.5, 0.6) is 0 Å². The van der Waals surface area contributed by atoms with Crippen LogP contribution in [0.3, 0.4) is 0 Å². The van der Waals surface area contributed by atoms with Gasteiger partial charge >= 0.3 is 0 Å². The van der Waals surface area contributed by atoms with Crippen molar-refractivity contribution in [2.45, 2.75) is 0 Å². The van der Waals surface area contributed by atoms with Crippen molar-refractivity contribution >= 4 is 23.5 Å². The van der Waals surface area contributed by atoms with E-state index >= 15 is 0 Å². The van der Waals surface area contributed by atoms with Crippen molar-refractivity contribution in [2.75, 3.05) is 36.9 Å². The number of halogens is 2. The summed E-state index contributed by atoms with van der Waals surface area (Å²) in [6, 6.07) is 4.41. The highest BCUT2D eigenvalue weighted by Crippen LogP contribution is 2.26. The van der Waals surface area contributed by atoms with E-state index in [2.05, 4.69) is 10.1 Å². The number of nitrogen functional groups attached to an aromatic ring is 1. The van der Waals surface area contributed by atoms with Crippen LogP contribution in [-0.4, -0.2) is 41.1 Å². The number of aromatic nitrogens is 3. The zero-order valence-electron chi connectivity index (χ0n) is 10.6. The van der Waals surface area contributed by atoms with E-state index in [1.807, 2.05) is 4.90 Å². The normalized spacial score (nSPS) is 15.6. The molecule has 0 amide bonds. The van der Waals surface area contributed by atoms with Gasteiger partial charge in [0.25, 0.3) is 0 Å². The smallest absolute Gasteiger partial charge is 0.247 e. The molecule has 1 aromatic heterocycles. The molecular formula is C12H13ClFN5O. The summed E-state index contributed by atoms with van der Waals surface area (Å²) in [5.74, 6) is 0.0474. The first-order valence-corrected chi connectivity index (χ1v) is 6.54. The second kappa shape index (κ2) is 5.26. The van der Waals surface area contributed by atoms with E-state index in [9.17, 15) is 4.39 Å². The van der Waals surface area contributed by atoms with E-state index < -0.39 is 5.82 Å². The van der Waals surface area contributed by atoms with Gasteiger partial charge in [-0.25, -0.2) is 4.39 Å². The maximum absolute atomic E-state index is 13.9. The Labute approximate surface area is 119 Å². The van der Waals surface area contributed by atoms with E-state index in [1.54, 1.807) is 6.07 Å². The molecule has 0 bridgehead atoms. The predicted octanol–water partition coefficient (Wildman–Crippen LogP) is 1.48. The molecule has 0 saturated carbocycles. The summed E-state index contributed by atoms with van der Waals surface area (Å²) >= 11 is 6.01. The van der Waals surface area contributed by atoms with Crippen LogP contribution in [-0.2, 0) is 4.74 Å². The standard InChI is InChI=1S/C12H13ClFN5O/c13-8-2-1-3-9(14)10(8)19-11(15)16-12(17-19)18-4-6-20-7-5-18/h1-3H,4-7H2,(H2,15,16,17). The van der Waals surface area contributed by atoms with E-state index in [0.717, 1.165) is 0 Å². The van der Waals surface area contributed by atoms with Gasteiger partial charge in [-0.2, -0.15) is 9.67 Å². The summed E-state index contributed by atoms with van der Waals surface area (Å²) in [6.45, 7) is 2.56. The molecule has 1 aromatic carbocycles. The van der Waals surface area contributed by atoms with Crippen molar-refractivity contribution in [1.82, 2.24) is 14.8 Å². The van der Waals surface area contributed by atoms with Gasteiger partial charge in [-0.1, -0.05) is 17.7 Å². The summed E-state index contributed by atoms with van der Waals surface area (Å²) < 4.78 is 20.4. The fraction of sp³-hybridized carbons (Fsp3) is 0.333. The Bertz CT molecular complexity index is 606. The largest absolute Gasteiger partial charge is 0.378 e. The lowest BCUT2D eigenvalue weighted by molar-refractivity contribution is 0.122. The topological polar surface area (TPSA) is 69.2 Å². The third-order valence-electron chi connectivity index (χ3n) is 3.06. The Morgan fingerprint density at radius 1 is 1.30 bits per heavy atom. The summed E-state index contributed by atoms with van der Waals surface area (Å²) in [4.78, 5) is 6.10. The van der Waals surface area contributed by atoms with Crippen LogP contribution >= 0.6 is 11.6 Å². The molecule has 1 saturated heterocycles. The van der Waals surface area contributed by atoms with Crippen molar-refractivity contribution in [2.24, 2.45) is 0 Å². The molecule has 0 aliphatic carbocycles. The zero-order chi connectivity index (χ0) is 14.1. The van der Waals surface area contributed by atoms with Crippen molar-refractivity contribution in [1.29, 1.82) is 0 Å². The number of ether oxygens (including phenoxy) is 1. The van der Waals surface area contributed by atoms with Crippen LogP contribution in [0.25, 0.3) is 5.69 Å². The Balaban J connectivity index is 2.00. The Morgan fingerprint density at radius 2 is 2.05 bits per heavy atom. The van der Waals surface area contributed by atoms with Crippen LogP contribution in [0.1, 0.15) is 0 Å². The number of nitrogens with two attached hydrogens (primary N) is 1. The van der Waals surface area contributed by atoms with Gasteiger partial charge in [-0.15, -0.1) is 5.10 Å². The van der Waals surface area contributed by atoms with Gasteiger partial charge in [0, 0.05) is 13.1 Å². The summed E-state index contributed by atoms with van der Waals surface area (Å²) in [5.41, 5.74) is 5.93. The van der Waals surface area contributed by atoms with Crippen LogP contribution in [0.2, 0.25) is 5.02 Å². The predicted molar refractivity (Wildman–Crippen MR) is 73.8 cm³/mol. The number of benzene rings is 1. The molecule has 2 heterocycles. The fourth-order valence-electron chi connectivity index (χ4n) is 2.07. The maximum Gasteiger partial charge on any atom is 0.247 e. The highest BCUT2D eigenvalue weighted by Gasteiger charge is 2.20. The second-order valence-electron chi connectivity index (χ2n) is 4.35. The molecule has 0 spiro atoms. The quantitative estimate of drug-likeness (QED) is 0.909. The minimum absolute atomic E-state index is 0.0958. The van der Waals surface area contributed by atoms with Gasteiger partial charge in [0.1, 0.15) is 5.69 Å². The molecule has 0 atom stereocenters. The number of hydrogen-bond donors (Lipinski definition) is 1. The minimum atomic E-state index is -0.498. The average molecular weight is 298 g/mol. The average Bonchev–Trinajstić information content (AvgIpc) is 2.82. The van der Waals surface area contributed by atoms with Crippen LogP contribution < -0.4 is 10.6 Å². The minimum Gasteiger partial charge on any atom is -0.378 e. The van der Waals surface area contributed by atoms with Crippen molar-refractivity contribution in [3.63, 3.8) is 0 Å². The fourth-order valence-corrected chi connectivity index (χ4v) is 2.31. The second-order valence-corrected chi connectivity index (χ2v) is 4.76. The van der Waals surface area contributed by atoms with Crippen molar-refractivity contribution < 1.29 is 9.13 Å². The summed E-state index contributed by atoms with van der Waals surface area (Å²) in [7, 11) is 0. The highest BCUT2D eigenvalue weighted by atomic mass is 35.5. The Morgan fingerprint density at radius 3 is 2.75 bits per heavy atom. The lowest BCUT2D eigenvalue weighted by Gasteiger charge is -2.25. The number of hydrogen-bond acceptors (Lipinski definition) is 5. The van der Waals surface area contributed by atoms with Gasteiger partial charge < -0.3 is 15.4 Å². The molecule has 2 aromatic rings. The Kier molecular flexibility index (Phi) is 3.45. The third-order valence-corrected chi connectivity index (χ3v) is 3.37. The number of para-hydroxylation sites is 1. The van der Waals surface area contributed by atoms with Gasteiger partial charge in [0.15, 0.2) is 5.82 Å². The highest BCUT2D eigenvalue weighted by molar-refractivity contribution is 6.32. The number of anilines is 2.